The monoisotopic (exact) mass is 216 g/mol. The Morgan fingerprint density at radius 2 is 2.12 bits per heavy atom. The number of fused-ring (bicyclic) bond motifs is 3. The molecule has 0 bridgehead atoms. The lowest BCUT2D eigenvalue weighted by molar-refractivity contribution is -0.171. The number of hydrogen-bond donors (Lipinski definition) is 1. The van der Waals surface area contributed by atoms with Crippen LogP contribution in [-0.2, 0) is 16.6 Å². The van der Waals surface area contributed by atoms with E-state index in [1.807, 2.05) is 12.1 Å². The molecule has 0 radical (unpaired) electrons. The van der Waals surface area contributed by atoms with Gasteiger partial charge in [0.15, 0.2) is 0 Å². The number of benzene rings is 1. The second-order valence-corrected chi connectivity index (χ2v) is 5.55. The van der Waals surface area contributed by atoms with Crippen LogP contribution in [0.15, 0.2) is 24.3 Å². The molecule has 2 aliphatic carbocycles. The second kappa shape index (κ2) is 2.68. The highest BCUT2D eigenvalue weighted by Crippen LogP contribution is 2.67. The van der Waals surface area contributed by atoms with Gasteiger partial charge in [0.2, 0.25) is 0 Å². The van der Waals surface area contributed by atoms with E-state index in [-0.39, 0.29) is 11.3 Å². The fourth-order valence-corrected chi connectivity index (χ4v) is 4.14. The second-order valence-electron chi connectivity index (χ2n) is 5.55. The van der Waals surface area contributed by atoms with Crippen molar-refractivity contribution >= 4 is 5.97 Å². The average Bonchev–Trinajstić information content (AvgIpc) is 2.45. The maximum absolute atomic E-state index is 11.7. The van der Waals surface area contributed by atoms with Crippen molar-refractivity contribution in [1.29, 1.82) is 0 Å². The van der Waals surface area contributed by atoms with Crippen molar-refractivity contribution in [2.75, 3.05) is 0 Å². The van der Waals surface area contributed by atoms with Gasteiger partial charge in [-0.05, 0) is 29.9 Å². The summed E-state index contributed by atoms with van der Waals surface area (Å²) in [6.45, 7) is 4.19. The predicted molar refractivity (Wildman–Crippen MR) is 61.3 cm³/mol. The first-order valence-corrected chi connectivity index (χ1v) is 5.84. The molecule has 2 heteroatoms. The summed E-state index contributed by atoms with van der Waals surface area (Å²) in [5, 5.41) is 9.60. The number of aliphatic carboxylic acids is 1. The molecule has 0 aromatic heterocycles. The zero-order valence-electron chi connectivity index (χ0n) is 9.66. The van der Waals surface area contributed by atoms with E-state index in [0.29, 0.717) is 6.42 Å². The number of carboxylic acid groups (broad SMARTS) is 1. The Labute approximate surface area is 95.3 Å². The summed E-state index contributed by atoms with van der Waals surface area (Å²) in [6, 6.07) is 8.21. The van der Waals surface area contributed by atoms with E-state index in [1.54, 1.807) is 0 Å². The third-order valence-electron chi connectivity index (χ3n) is 5.00. The van der Waals surface area contributed by atoms with Crippen molar-refractivity contribution in [2.45, 2.75) is 32.1 Å². The first-order valence-electron chi connectivity index (χ1n) is 5.84. The molecular formula is C14H16O2. The highest BCUT2D eigenvalue weighted by molar-refractivity contribution is 5.82. The minimum absolute atomic E-state index is 0.144. The summed E-state index contributed by atoms with van der Waals surface area (Å²) >= 11 is 0. The van der Waals surface area contributed by atoms with Crippen molar-refractivity contribution in [2.24, 2.45) is 11.3 Å². The standard InChI is InChI=1S/C14H16O2/c1-9-7-13(2)11-6-4-3-5-10(11)8-14(9,13)12(15)16/h3-6,9H,7-8H2,1-2H3,(H,15,16)/t9-,13+,14+/m0/s1. The Hall–Kier alpha value is -1.31. The average molecular weight is 216 g/mol. The van der Waals surface area contributed by atoms with Gasteiger partial charge in [-0.1, -0.05) is 38.1 Å². The van der Waals surface area contributed by atoms with Gasteiger partial charge in [-0.25, -0.2) is 0 Å². The molecule has 0 heterocycles. The van der Waals surface area contributed by atoms with E-state index in [2.05, 4.69) is 26.0 Å². The Kier molecular flexibility index (Phi) is 1.65. The van der Waals surface area contributed by atoms with Crippen LogP contribution in [-0.4, -0.2) is 11.1 Å². The molecule has 0 saturated heterocycles. The molecule has 1 fully saturated rings. The molecule has 1 N–H and O–H groups in total. The molecule has 2 nitrogen and oxygen atoms in total. The molecule has 1 aromatic rings. The summed E-state index contributed by atoms with van der Waals surface area (Å²) in [4.78, 5) is 11.7. The third-order valence-corrected chi connectivity index (χ3v) is 5.00. The molecule has 0 unspecified atom stereocenters. The SMILES string of the molecule is C[C@H]1C[C@]2(C)c3ccccc3C[C@]12C(=O)O. The lowest BCUT2D eigenvalue weighted by atomic mass is 9.45. The number of rotatable bonds is 1. The summed E-state index contributed by atoms with van der Waals surface area (Å²) in [5.74, 6) is -0.340. The molecule has 16 heavy (non-hydrogen) atoms. The van der Waals surface area contributed by atoms with Crippen LogP contribution in [0.4, 0.5) is 0 Å². The van der Waals surface area contributed by atoms with E-state index >= 15 is 0 Å². The van der Waals surface area contributed by atoms with Crippen molar-refractivity contribution < 1.29 is 9.90 Å². The minimum atomic E-state index is -0.620. The normalized spacial score (nSPS) is 39.8. The van der Waals surface area contributed by atoms with E-state index in [4.69, 9.17) is 0 Å². The Balaban J connectivity index is 2.21. The molecule has 3 atom stereocenters. The van der Waals surface area contributed by atoms with Gasteiger partial charge in [-0.2, -0.15) is 0 Å². The predicted octanol–water partition coefficient (Wildman–Crippen LogP) is 2.61. The van der Waals surface area contributed by atoms with E-state index in [0.717, 1.165) is 6.42 Å². The Morgan fingerprint density at radius 3 is 2.75 bits per heavy atom. The van der Waals surface area contributed by atoms with Gasteiger partial charge >= 0.3 is 5.97 Å². The number of carboxylic acids is 1. The quantitative estimate of drug-likeness (QED) is 0.783. The molecule has 1 saturated carbocycles. The van der Waals surface area contributed by atoms with Gasteiger partial charge < -0.3 is 5.11 Å². The smallest absolute Gasteiger partial charge is 0.311 e. The van der Waals surface area contributed by atoms with Gasteiger partial charge in [-0.3, -0.25) is 4.79 Å². The number of hydrogen-bond acceptors (Lipinski definition) is 1. The largest absolute Gasteiger partial charge is 0.481 e. The van der Waals surface area contributed by atoms with Crippen LogP contribution in [0.25, 0.3) is 0 Å². The van der Waals surface area contributed by atoms with Gasteiger partial charge in [0.1, 0.15) is 0 Å². The summed E-state index contributed by atoms with van der Waals surface area (Å²) < 4.78 is 0. The first kappa shape index (κ1) is 9.88. The molecular weight excluding hydrogens is 200 g/mol. The number of carbonyl (C=O) groups is 1. The summed E-state index contributed by atoms with van der Waals surface area (Å²) in [6.07, 6.45) is 1.70. The fraction of sp³-hybridized carbons (Fsp3) is 0.500. The highest BCUT2D eigenvalue weighted by atomic mass is 16.4. The van der Waals surface area contributed by atoms with Crippen LogP contribution in [0.1, 0.15) is 31.4 Å². The summed E-state index contributed by atoms with van der Waals surface area (Å²) in [7, 11) is 0. The molecule has 84 valence electrons. The van der Waals surface area contributed by atoms with Gasteiger partial charge in [0, 0.05) is 5.41 Å². The molecule has 0 spiro atoms. The van der Waals surface area contributed by atoms with Gasteiger partial charge in [0.05, 0.1) is 5.41 Å². The van der Waals surface area contributed by atoms with Crippen molar-refractivity contribution in [1.82, 2.24) is 0 Å². The first-order chi connectivity index (χ1) is 7.52. The summed E-state index contributed by atoms with van der Waals surface area (Å²) in [5.41, 5.74) is 1.80. The van der Waals surface area contributed by atoms with E-state index in [1.165, 1.54) is 11.1 Å². The van der Waals surface area contributed by atoms with E-state index < -0.39 is 11.4 Å². The lowest BCUT2D eigenvalue weighted by Gasteiger charge is -2.56. The zero-order valence-corrected chi connectivity index (χ0v) is 9.66. The molecule has 0 aliphatic heterocycles. The van der Waals surface area contributed by atoms with Crippen LogP contribution >= 0.6 is 0 Å². The minimum Gasteiger partial charge on any atom is -0.481 e. The van der Waals surface area contributed by atoms with Gasteiger partial charge in [-0.15, -0.1) is 0 Å². The van der Waals surface area contributed by atoms with Crippen molar-refractivity contribution in [3.63, 3.8) is 0 Å². The maximum atomic E-state index is 11.7. The van der Waals surface area contributed by atoms with Crippen LogP contribution < -0.4 is 0 Å². The van der Waals surface area contributed by atoms with Crippen molar-refractivity contribution in [3.05, 3.63) is 35.4 Å². The molecule has 2 aliphatic rings. The molecule has 3 rings (SSSR count). The van der Waals surface area contributed by atoms with Crippen LogP contribution in [0.5, 0.6) is 0 Å². The molecule has 1 aromatic carbocycles. The van der Waals surface area contributed by atoms with Crippen molar-refractivity contribution in [3.8, 4) is 0 Å². The van der Waals surface area contributed by atoms with Gasteiger partial charge in [0.25, 0.3) is 0 Å². The Morgan fingerprint density at radius 1 is 1.44 bits per heavy atom. The van der Waals surface area contributed by atoms with E-state index in [9.17, 15) is 9.90 Å². The van der Waals surface area contributed by atoms with Crippen LogP contribution in [0, 0.1) is 11.3 Å². The third kappa shape index (κ3) is 0.796. The fourth-order valence-electron chi connectivity index (χ4n) is 4.14. The van der Waals surface area contributed by atoms with Crippen LogP contribution in [0.2, 0.25) is 0 Å². The van der Waals surface area contributed by atoms with Crippen LogP contribution in [0.3, 0.4) is 0 Å². The zero-order chi connectivity index (χ0) is 11.6. The maximum Gasteiger partial charge on any atom is 0.311 e. The molecule has 0 amide bonds. The lowest BCUT2D eigenvalue weighted by Crippen LogP contribution is -2.61. The Bertz CT molecular complexity index is 479. The topological polar surface area (TPSA) is 37.3 Å². The highest BCUT2D eigenvalue weighted by Gasteiger charge is 2.69.